The predicted molar refractivity (Wildman–Crippen MR) is 97.5 cm³/mol. The Morgan fingerprint density at radius 2 is 1.88 bits per heavy atom. The predicted octanol–water partition coefficient (Wildman–Crippen LogP) is 2.48. The van der Waals surface area contributed by atoms with E-state index in [1.165, 1.54) is 31.2 Å². The van der Waals surface area contributed by atoms with Crippen LogP contribution in [-0.2, 0) is 19.6 Å². The number of benzene rings is 2. The summed E-state index contributed by atoms with van der Waals surface area (Å²) in [4.78, 5) is 23.0. The van der Waals surface area contributed by atoms with E-state index in [0.717, 1.165) is 0 Å². The van der Waals surface area contributed by atoms with Gasteiger partial charge in [0.05, 0.1) is 16.1 Å². The van der Waals surface area contributed by atoms with Crippen molar-refractivity contribution in [2.24, 2.45) is 5.73 Å². The number of esters is 1. The summed E-state index contributed by atoms with van der Waals surface area (Å²) in [5, 5.41) is 0.375. The van der Waals surface area contributed by atoms with E-state index >= 15 is 0 Å². The maximum absolute atomic E-state index is 12.7. The highest BCUT2D eigenvalue weighted by atomic mass is 35.5. The van der Waals surface area contributed by atoms with Gasteiger partial charge in [-0.3, -0.25) is 9.52 Å². The summed E-state index contributed by atoms with van der Waals surface area (Å²) in [6.07, 6.45) is -1.13. The molecule has 138 valence electrons. The Hall–Kier alpha value is -2.58. The van der Waals surface area contributed by atoms with Crippen molar-refractivity contribution in [2.45, 2.75) is 24.8 Å². The van der Waals surface area contributed by atoms with Crippen LogP contribution in [0.25, 0.3) is 0 Å². The molecule has 0 spiro atoms. The summed E-state index contributed by atoms with van der Waals surface area (Å²) in [6.45, 7) is 2.92. The number of primary amides is 1. The third-order valence-corrected chi connectivity index (χ3v) is 5.23. The molecule has 1 amide bonds. The van der Waals surface area contributed by atoms with Crippen LogP contribution in [0.5, 0.6) is 0 Å². The van der Waals surface area contributed by atoms with E-state index in [2.05, 4.69) is 4.72 Å². The van der Waals surface area contributed by atoms with Crippen LogP contribution in [0.2, 0.25) is 5.02 Å². The summed E-state index contributed by atoms with van der Waals surface area (Å²) < 4.78 is 32.6. The van der Waals surface area contributed by atoms with Crippen molar-refractivity contribution in [3.63, 3.8) is 0 Å². The molecular weight excluding hydrogens is 380 g/mol. The van der Waals surface area contributed by atoms with E-state index in [1.807, 2.05) is 0 Å². The maximum Gasteiger partial charge on any atom is 0.338 e. The summed E-state index contributed by atoms with van der Waals surface area (Å²) in [6, 6.07) is 10.3. The van der Waals surface area contributed by atoms with E-state index < -0.39 is 28.0 Å². The molecule has 0 fully saturated rings. The first-order valence-electron chi connectivity index (χ1n) is 7.49. The molecule has 0 radical (unpaired) electrons. The van der Waals surface area contributed by atoms with Gasteiger partial charge in [0.25, 0.3) is 15.9 Å². The number of anilines is 1. The number of carbonyl (C=O) groups is 2. The van der Waals surface area contributed by atoms with Gasteiger partial charge < -0.3 is 10.5 Å². The SMILES string of the molecule is Cc1ccc(C(=O)OC(C)C(N)=O)cc1S(=O)(=O)Nc1cccc(Cl)c1. The van der Waals surface area contributed by atoms with E-state index in [1.54, 1.807) is 25.1 Å². The highest BCUT2D eigenvalue weighted by Crippen LogP contribution is 2.23. The number of ether oxygens (including phenoxy) is 1. The Kier molecular flexibility index (Phi) is 5.89. The molecule has 0 aliphatic carbocycles. The summed E-state index contributed by atoms with van der Waals surface area (Å²) in [5.74, 6) is -1.66. The molecule has 0 saturated carbocycles. The molecule has 7 nitrogen and oxygen atoms in total. The summed E-state index contributed by atoms with van der Waals surface area (Å²) >= 11 is 5.86. The first-order valence-corrected chi connectivity index (χ1v) is 9.35. The van der Waals surface area contributed by atoms with Crippen LogP contribution in [0.3, 0.4) is 0 Å². The molecule has 0 aliphatic heterocycles. The molecule has 26 heavy (non-hydrogen) atoms. The average Bonchev–Trinajstić information content (AvgIpc) is 2.54. The summed E-state index contributed by atoms with van der Waals surface area (Å²) in [5.41, 5.74) is 5.75. The van der Waals surface area contributed by atoms with Gasteiger partial charge in [-0.15, -0.1) is 0 Å². The number of nitrogens with one attached hydrogen (secondary N) is 1. The van der Waals surface area contributed by atoms with E-state index in [4.69, 9.17) is 22.1 Å². The largest absolute Gasteiger partial charge is 0.449 e. The fourth-order valence-electron chi connectivity index (χ4n) is 2.07. The van der Waals surface area contributed by atoms with Crippen molar-refractivity contribution in [2.75, 3.05) is 4.72 Å². The second-order valence-electron chi connectivity index (χ2n) is 5.55. The minimum Gasteiger partial charge on any atom is -0.449 e. The maximum atomic E-state index is 12.7. The zero-order valence-corrected chi connectivity index (χ0v) is 15.6. The van der Waals surface area contributed by atoms with Crippen molar-refractivity contribution in [1.82, 2.24) is 0 Å². The Bertz CT molecular complexity index is 959. The van der Waals surface area contributed by atoms with Gasteiger partial charge in [-0.1, -0.05) is 23.7 Å². The van der Waals surface area contributed by atoms with Gasteiger partial charge in [0, 0.05) is 5.02 Å². The highest BCUT2D eigenvalue weighted by molar-refractivity contribution is 7.92. The van der Waals surface area contributed by atoms with Gasteiger partial charge in [-0.05, 0) is 49.7 Å². The number of carbonyl (C=O) groups excluding carboxylic acids is 2. The number of nitrogens with two attached hydrogens (primary N) is 1. The standard InChI is InChI=1S/C17H17ClN2O5S/c1-10-6-7-12(17(22)25-11(2)16(19)21)8-15(10)26(23,24)20-14-5-3-4-13(18)9-14/h3-9,11,20H,1-2H3,(H2,19,21). The zero-order valence-electron chi connectivity index (χ0n) is 14.0. The molecule has 9 heteroatoms. The molecular formula is C17H17ClN2O5S. The minimum absolute atomic E-state index is 0.0184. The van der Waals surface area contributed by atoms with Crippen LogP contribution in [0.4, 0.5) is 5.69 Å². The number of amides is 1. The van der Waals surface area contributed by atoms with Gasteiger partial charge in [-0.25, -0.2) is 13.2 Å². The lowest BCUT2D eigenvalue weighted by molar-refractivity contribution is -0.125. The number of halogens is 1. The van der Waals surface area contributed by atoms with Gasteiger partial charge >= 0.3 is 5.97 Å². The van der Waals surface area contributed by atoms with Crippen molar-refractivity contribution in [1.29, 1.82) is 0 Å². The van der Waals surface area contributed by atoms with Gasteiger partial charge in [0.2, 0.25) is 0 Å². The third kappa shape index (κ3) is 4.74. The molecule has 2 aromatic carbocycles. The minimum atomic E-state index is -3.97. The highest BCUT2D eigenvalue weighted by Gasteiger charge is 2.22. The third-order valence-electron chi connectivity index (χ3n) is 3.47. The molecule has 0 heterocycles. The van der Waals surface area contributed by atoms with Crippen molar-refractivity contribution >= 4 is 39.2 Å². The van der Waals surface area contributed by atoms with Crippen molar-refractivity contribution in [3.05, 3.63) is 58.6 Å². The second-order valence-corrected chi connectivity index (χ2v) is 7.63. The molecule has 0 aliphatic rings. The second kappa shape index (κ2) is 7.76. The molecule has 1 atom stereocenters. The van der Waals surface area contributed by atoms with Crippen LogP contribution in [-0.4, -0.2) is 26.4 Å². The van der Waals surface area contributed by atoms with Crippen molar-refractivity contribution < 1.29 is 22.7 Å². The van der Waals surface area contributed by atoms with Crippen LogP contribution < -0.4 is 10.5 Å². The zero-order chi connectivity index (χ0) is 19.5. The Labute approximate surface area is 156 Å². The monoisotopic (exact) mass is 396 g/mol. The number of sulfonamides is 1. The lowest BCUT2D eigenvalue weighted by Gasteiger charge is -2.13. The van der Waals surface area contributed by atoms with Gasteiger partial charge in [0.1, 0.15) is 0 Å². The topological polar surface area (TPSA) is 116 Å². The van der Waals surface area contributed by atoms with Crippen molar-refractivity contribution in [3.8, 4) is 0 Å². The van der Waals surface area contributed by atoms with Crippen LogP contribution in [0.1, 0.15) is 22.8 Å². The number of hydrogen-bond donors (Lipinski definition) is 2. The van der Waals surface area contributed by atoms with Gasteiger partial charge in [0.15, 0.2) is 6.10 Å². The average molecular weight is 397 g/mol. The first-order chi connectivity index (χ1) is 12.1. The fourth-order valence-corrected chi connectivity index (χ4v) is 3.58. The molecule has 1 unspecified atom stereocenters. The number of hydrogen-bond acceptors (Lipinski definition) is 5. The van der Waals surface area contributed by atoms with Gasteiger partial charge in [-0.2, -0.15) is 0 Å². The van der Waals surface area contributed by atoms with E-state index in [-0.39, 0.29) is 16.1 Å². The quantitative estimate of drug-likeness (QED) is 0.727. The number of rotatable bonds is 6. The van der Waals surface area contributed by atoms with E-state index in [9.17, 15) is 18.0 Å². The fraction of sp³-hybridized carbons (Fsp3) is 0.176. The lowest BCUT2D eigenvalue weighted by Crippen LogP contribution is -2.30. The first kappa shape index (κ1) is 19.7. The smallest absolute Gasteiger partial charge is 0.338 e. The summed E-state index contributed by atoms with van der Waals surface area (Å²) in [7, 11) is -3.97. The van der Waals surface area contributed by atoms with Crippen LogP contribution in [0.15, 0.2) is 47.4 Å². The number of aryl methyl sites for hydroxylation is 1. The molecule has 2 aromatic rings. The van der Waals surface area contributed by atoms with Crippen LogP contribution in [0, 0.1) is 6.92 Å². The Morgan fingerprint density at radius 3 is 2.50 bits per heavy atom. The normalized spacial score (nSPS) is 12.3. The molecule has 0 aromatic heterocycles. The lowest BCUT2D eigenvalue weighted by atomic mass is 10.1. The van der Waals surface area contributed by atoms with Crippen LogP contribution >= 0.6 is 11.6 Å². The Morgan fingerprint density at radius 1 is 1.19 bits per heavy atom. The molecule has 2 rings (SSSR count). The van der Waals surface area contributed by atoms with E-state index in [0.29, 0.717) is 10.6 Å². The molecule has 3 N–H and O–H groups in total. The Balaban J connectivity index is 2.33. The molecule has 0 saturated heterocycles. The molecule has 0 bridgehead atoms.